The number of aliphatic hydroxyl groups excluding tert-OH is 1. The summed E-state index contributed by atoms with van der Waals surface area (Å²) >= 11 is 5.85. The molecule has 0 aliphatic carbocycles. The van der Waals surface area contributed by atoms with E-state index < -0.39 is 12.2 Å². The average Bonchev–Trinajstić information content (AvgIpc) is 2.38. The van der Waals surface area contributed by atoms with Gasteiger partial charge >= 0.3 is 0 Å². The summed E-state index contributed by atoms with van der Waals surface area (Å²) in [5.74, 6) is 0.537. The number of carbonyl (C=O) groups is 1. The van der Waals surface area contributed by atoms with Crippen molar-refractivity contribution in [3.05, 3.63) is 29.3 Å². The minimum absolute atomic E-state index is 0.187. The van der Waals surface area contributed by atoms with Gasteiger partial charge in [0.15, 0.2) is 6.10 Å². The van der Waals surface area contributed by atoms with Gasteiger partial charge in [-0.1, -0.05) is 31.5 Å². The van der Waals surface area contributed by atoms with Crippen LogP contribution in [-0.2, 0) is 4.79 Å². The number of amides is 1. The Hall–Kier alpha value is -1.26. The van der Waals surface area contributed by atoms with Crippen LogP contribution >= 0.6 is 11.6 Å². The molecular formula is C15H22ClNO3. The highest BCUT2D eigenvalue weighted by atomic mass is 35.5. The molecule has 2 atom stereocenters. The van der Waals surface area contributed by atoms with Crippen molar-refractivity contribution < 1.29 is 14.6 Å². The zero-order valence-electron chi connectivity index (χ0n) is 12.1. The summed E-state index contributed by atoms with van der Waals surface area (Å²) in [5.41, 5.74) is 0. The lowest BCUT2D eigenvalue weighted by molar-refractivity contribution is -0.127. The van der Waals surface area contributed by atoms with Gasteiger partial charge in [0.2, 0.25) is 0 Å². The Balaban J connectivity index is 2.36. The van der Waals surface area contributed by atoms with Gasteiger partial charge in [-0.05, 0) is 37.5 Å². The van der Waals surface area contributed by atoms with Crippen molar-refractivity contribution in [1.82, 2.24) is 5.32 Å². The highest BCUT2D eigenvalue weighted by Gasteiger charge is 2.15. The van der Waals surface area contributed by atoms with Crippen LogP contribution in [0.25, 0.3) is 0 Å². The molecule has 0 bridgehead atoms. The normalized spacial score (nSPS) is 13.9. The van der Waals surface area contributed by atoms with E-state index in [1.807, 2.05) is 13.8 Å². The number of hydrogen-bond donors (Lipinski definition) is 2. The van der Waals surface area contributed by atoms with Gasteiger partial charge in [0.25, 0.3) is 5.91 Å². The van der Waals surface area contributed by atoms with Gasteiger partial charge in [0.05, 0.1) is 6.10 Å². The summed E-state index contributed by atoms with van der Waals surface area (Å²) in [6.07, 6.45) is -0.475. The molecule has 0 aliphatic heterocycles. The van der Waals surface area contributed by atoms with E-state index in [1.165, 1.54) is 0 Å². The highest BCUT2D eigenvalue weighted by Crippen LogP contribution is 2.18. The molecule has 0 saturated carbocycles. The predicted octanol–water partition coefficient (Wildman–Crippen LogP) is 2.63. The molecule has 0 heterocycles. The van der Waals surface area contributed by atoms with Crippen molar-refractivity contribution >= 4 is 17.5 Å². The van der Waals surface area contributed by atoms with E-state index in [4.69, 9.17) is 16.3 Å². The van der Waals surface area contributed by atoms with Crippen LogP contribution in [0.1, 0.15) is 27.2 Å². The summed E-state index contributed by atoms with van der Waals surface area (Å²) in [6.45, 7) is 5.99. The minimum Gasteiger partial charge on any atom is -0.481 e. The molecule has 1 amide bonds. The monoisotopic (exact) mass is 299 g/mol. The number of nitrogens with one attached hydrogen (secondary N) is 1. The van der Waals surface area contributed by atoms with Crippen LogP contribution in [-0.4, -0.2) is 29.8 Å². The van der Waals surface area contributed by atoms with Crippen molar-refractivity contribution in [2.24, 2.45) is 5.92 Å². The molecule has 1 aromatic carbocycles. The quantitative estimate of drug-likeness (QED) is 0.814. The van der Waals surface area contributed by atoms with Gasteiger partial charge < -0.3 is 15.2 Å². The number of aliphatic hydroxyl groups is 1. The molecule has 0 radical (unpaired) electrons. The lowest BCUT2D eigenvalue weighted by Crippen LogP contribution is -2.38. The molecule has 1 rings (SSSR count). The predicted molar refractivity (Wildman–Crippen MR) is 80.0 cm³/mol. The molecule has 5 heteroatoms. The van der Waals surface area contributed by atoms with Crippen LogP contribution in [0.2, 0.25) is 5.02 Å². The molecule has 1 aromatic rings. The maximum Gasteiger partial charge on any atom is 0.260 e. The van der Waals surface area contributed by atoms with E-state index in [2.05, 4.69) is 5.32 Å². The van der Waals surface area contributed by atoms with Crippen LogP contribution < -0.4 is 10.1 Å². The van der Waals surface area contributed by atoms with Gasteiger partial charge in [-0.25, -0.2) is 0 Å². The van der Waals surface area contributed by atoms with E-state index in [0.29, 0.717) is 23.7 Å². The number of halogens is 1. The second-order valence-electron chi connectivity index (χ2n) is 5.11. The second-order valence-corrected chi connectivity index (χ2v) is 5.54. The third-order valence-corrected chi connectivity index (χ3v) is 3.22. The number of benzene rings is 1. The first kappa shape index (κ1) is 16.8. The largest absolute Gasteiger partial charge is 0.481 e. The Morgan fingerprint density at radius 1 is 1.40 bits per heavy atom. The van der Waals surface area contributed by atoms with Gasteiger partial charge in [-0.2, -0.15) is 0 Å². The van der Waals surface area contributed by atoms with Crippen LogP contribution in [0.5, 0.6) is 5.75 Å². The first-order valence-electron chi connectivity index (χ1n) is 6.78. The highest BCUT2D eigenvalue weighted by molar-refractivity contribution is 6.30. The van der Waals surface area contributed by atoms with Crippen LogP contribution in [0, 0.1) is 5.92 Å². The standard InChI is InChI=1S/C15H22ClNO3/c1-10(2)14(18)7-8-17-15(19)11(3)20-13-6-4-5-12(16)9-13/h4-6,9-11,14,18H,7-8H2,1-3H3,(H,17,19). The molecule has 112 valence electrons. The average molecular weight is 300 g/mol. The topological polar surface area (TPSA) is 58.6 Å². The Kier molecular flexibility index (Phi) is 6.82. The minimum atomic E-state index is -0.607. The first-order chi connectivity index (χ1) is 9.40. The Labute approximate surface area is 125 Å². The molecule has 0 aliphatic rings. The SMILES string of the molecule is CC(Oc1cccc(Cl)c1)C(=O)NCCC(O)C(C)C. The molecule has 0 saturated heterocycles. The molecule has 0 fully saturated rings. The molecular weight excluding hydrogens is 278 g/mol. The van der Waals surface area contributed by atoms with E-state index in [9.17, 15) is 9.90 Å². The zero-order valence-corrected chi connectivity index (χ0v) is 12.9. The Bertz CT molecular complexity index is 437. The van der Waals surface area contributed by atoms with E-state index in [0.717, 1.165) is 0 Å². The molecule has 0 aromatic heterocycles. The zero-order chi connectivity index (χ0) is 15.1. The van der Waals surface area contributed by atoms with Crippen molar-refractivity contribution in [2.45, 2.75) is 39.4 Å². The molecule has 2 N–H and O–H groups in total. The lowest BCUT2D eigenvalue weighted by atomic mass is 10.0. The summed E-state index contributed by atoms with van der Waals surface area (Å²) < 4.78 is 5.50. The van der Waals surface area contributed by atoms with Crippen molar-refractivity contribution in [3.8, 4) is 5.75 Å². The lowest BCUT2D eigenvalue weighted by Gasteiger charge is -2.17. The summed E-state index contributed by atoms with van der Waals surface area (Å²) in [6, 6.07) is 6.92. The summed E-state index contributed by atoms with van der Waals surface area (Å²) in [5, 5.41) is 13.0. The number of carbonyl (C=O) groups excluding carboxylic acids is 1. The fraction of sp³-hybridized carbons (Fsp3) is 0.533. The molecule has 20 heavy (non-hydrogen) atoms. The van der Waals surface area contributed by atoms with E-state index in [1.54, 1.807) is 31.2 Å². The number of ether oxygens (including phenoxy) is 1. The maximum atomic E-state index is 11.8. The summed E-state index contributed by atoms with van der Waals surface area (Å²) in [7, 11) is 0. The number of hydrogen-bond acceptors (Lipinski definition) is 3. The van der Waals surface area contributed by atoms with E-state index >= 15 is 0 Å². The van der Waals surface area contributed by atoms with Gasteiger partial charge in [0.1, 0.15) is 5.75 Å². The van der Waals surface area contributed by atoms with Gasteiger partial charge in [-0.15, -0.1) is 0 Å². The van der Waals surface area contributed by atoms with Crippen molar-refractivity contribution in [3.63, 3.8) is 0 Å². The fourth-order valence-electron chi connectivity index (χ4n) is 1.62. The molecule has 2 unspecified atom stereocenters. The van der Waals surface area contributed by atoms with Crippen LogP contribution in [0.4, 0.5) is 0 Å². The van der Waals surface area contributed by atoms with Gasteiger partial charge in [-0.3, -0.25) is 4.79 Å². The maximum absolute atomic E-state index is 11.8. The fourth-order valence-corrected chi connectivity index (χ4v) is 1.80. The van der Waals surface area contributed by atoms with Crippen LogP contribution in [0.3, 0.4) is 0 Å². The first-order valence-corrected chi connectivity index (χ1v) is 7.16. The van der Waals surface area contributed by atoms with E-state index in [-0.39, 0.29) is 11.8 Å². The van der Waals surface area contributed by atoms with Gasteiger partial charge in [0, 0.05) is 11.6 Å². The van der Waals surface area contributed by atoms with Crippen molar-refractivity contribution in [2.75, 3.05) is 6.54 Å². The summed E-state index contributed by atoms with van der Waals surface area (Å²) in [4.78, 5) is 11.8. The van der Waals surface area contributed by atoms with Crippen molar-refractivity contribution in [1.29, 1.82) is 0 Å². The second kappa shape index (κ2) is 8.12. The smallest absolute Gasteiger partial charge is 0.260 e. The Morgan fingerprint density at radius 2 is 2.10 bits per heavy atom. The molecule has 4 nitrogen and oxygen atoms in total. The third-order valence-electron chi connectivity index (χ3n) is 2.99. The van der Waals surface area contributed by atoms with Crippen LogP contribution in [0.15, 0.2) is 24.3 Å². The number of rotatable bonds is 7. The Morgan fingerprint density at radius 3 is 2.70 bits per heavy atom. The third kappa shape index (κ3) is 5.80. The molecule has 0 spiro atoms.